The van der Waals surface area contributed by atoms with Crippen molar-refractivity contribution in [2.75, 3.05) is 6.54 Å². The van der Waals surface area contributed by atoms with Crippen molar-refractivity contribution >= 4 is 27.7 Å². The Morgan fingerprint density at radius 1 is 1.40 bits per heavy atom. The molecule has 5 heteroatoms. The number of phenols is 2. The molecule has 0 aromatic heterocycles. The van der Waals surface area contributed by atoms with E-state index in [0.29, 0.717) is 6.54 Å². The summed E-state index contributed by atoms with van der Waals surface area (Å²) in [5.41, 5.74) is 1.90. The van der Waals surface area contributed by atoms with Crippen LogP contribution in [0, 0.1) is 0 Å². The topological polar surface area (TPSA) is 43.7 Å². The number of aryl methyl sites for hydroxylation is 1. The Kier molecular flexibility index (Phi) is 3.09. The summed E-state index contributed by atoms with van der Waals surface area (Å²) in [6.07, 6.45) is 1.86. The highest BCUT2D eigenvalue weighted by atomic mass is 79.9. The van der Waals surface area contributed by atoms with Crippen molar-refractivity contribution in [3.63, 3.8) is 0 Å². The van der Waals surface area contributed by atoms with Gasteiger partial charge in [-0.15, -0.1) is 0 Å². The molecule has 0 aliphatic carbocycles. The summed E-state index contributed by atoms with van der Waals surface area (Å²) in [7, 11) is 0. The SMILES string of the molecule is Oc1cc2c(c(Cl)c1O)CN(Br)CCC2. The van der Waals surface area contributed by atoms with E-state index < -0.39 is 0 Å². The number of nitrogens with zero attached hydrogens (tertiary/aromatic N) is 1. The number of fused-ring (bicyclic) bond motifs is 1. The zero-order valence-corrected chi connectivity index (χ0v) is 10.3. The molecule has 2 N–H and O–H groups in total. The lowest BCUT2D eigenvalue weighted by molar-refractivity contribution is 0.402. The first-order valence-corrected chi connectivity index (χ1v) is 5.81. The van der Waals surface area contributed by atoms with E-state index in [-0.39, 0.29) is 16.5 Å². The maximum Gasteiger partial charge on any atom is 0.176 e. The zero-order chi connectivity index (χ0) is 11.0. The van der Waals surface area contributed by atoms with E-state index in [4.69, 9.17) is 11.6 Å². The first kappa shape index (κ1) is 11.0. The highest BCUT2D eigenvalue weighted by molar-refractivity contribution is 9.07. The average Bonchev–Trinajstić information content (AvgIpc) is 2.37. The first-order chi connectivity index (χ1) is 7.09. The van der Waals surface area contributed by atoms with E-state index in [1.165, 1.54) is 0 Å². The summed E-state index contributed by atoms with van der Waals surface area (Å²) in [5, 5.41) is 19.2. The van der Waals surface area contributed by atoms with Gasteiger partial charge >= 0.3 is 0 Å². The Morgan fingerprint density at radius 2 is 2.13 bits per heavy atom. The van der Waals surface area contributed by atoms with Crippen molar-refractivity contribution in [2.45, 2.75) is 19.4 Å². The first-order valence-electron chi connectivity index (χ1n) is 4.72. The van der Waals surface area contributed by atoms with Crippen LogP contribution in [0.5, 0.6) is 11.5 Å². The van der Waals surface area contributed by atoms with Gasteiger partial charge in [0, 0.05) is 29.2 Å². The molecule has 2 rings (SSSR count). The van der Waals surface area contributed by atoms with Gasteiger partial charge in [-0.2, -0.15) is 0 Å². The van der Waals surface area contributed by atoms with E-state index >= 15 is 0 Å². The molecule has 0 radical (unpaired) electrons. The third kappa shape index (κ3) is 2.07. The fourth-order valence-corrected chi connectivity index (χ4v) is 2.58. The van der Waals surface area contributed by atoms with Crippen molar-refractivity contribution < 1.29 is 10.2 Å². The molecule has 1 aliphatic rings. The molecule has 0 spiro atoms. The molecule has 15 heavy (non-hydrogen) atoms. The smallest absolute Gasteiger partial charge is 0.176 e. The Balaban J connectivity index is 2.53. The largest absolute Gasteiger partial charge is 0.504 e. The normalized spacial score (nSPS) is 17.2. The van der Waals surface area contributed by atoms with Crippen molar-refractivity contribution in [3.05, 3.63) is 22.2 Å². The molecule has 1 heterocycles. The van der Waals surface area contributed by atoms with Crippen LogP contribution in [0.4, 0.5) is 0 Å². The van der Waals surface area contributed by atoms with Crippen LogP contribution in [0.3, 0.4) is 0 Å². The monoisotopic (exact) mass is 291 g/mol. The van der Waals surface area contributed by atoms with Crippen LogP contribution in [0.15, 0.2) is 6.07 Å². The van der Waals surface area contributed by atoms with Gasteiger partial charge in [-0.1, -0.05) is 11.6 Å². The molecule has 0 unspecified atom stereocenters. The quantitative estimate of drug-likeness (QED) is 0.571. The highest BCUT2D eigenvalue weighted by Gasteiger charge is 2.20. The summed E-state index contributed by atoms with van der Waals surface area (Å²) in [6, 6.07) is 1.60. The van der Waals surface area contributed by atoms with Crippen LogP contribution in [-0.2, 0) is 13.0 Å². The molecule has 3 nitrogen and oxygen atoms in total. The van der Waals surface area contributed by atoms with Crippen molar-refractivity contribution in [1.29, 1.82) is 0 Å². The van der Waals surface area contributed by atoms with Gasteiger partial charge in [-0.05, 0) is 30.0 Å². The zero-order valence-electron chi connectivity index (χ0n) is 8.00. The van der Waals surface area contributed by atoms with Crippen LogP contribution in [0.1, 0.15) is 17.5 Å². The fourth-order valence-electron chi connectivity index (χ4n) is 1.80. The molecular formula is C10H11BrClNO2. The third-order valence-corrected chi connectivity index (χ3v) is 3.60. The molecule has 0 fully saturated rings. The standard InChI is InChI=1S/C10H11BrClNO2/c11-13-3-1-2-6-4-8(14)10(15)9(12)7(6)5-13/h4,14-15H,1-3,5H2. The van der Waals surface area contributed by atoms with Crippen molar-refractivity contribution in [1.82, 2.24) is 3.93 Å². The number of aromatic hydroxyl groups is 2. The van der Waals surface area contributed by atoms with Gasteiger partial charge in [0.15, 0.2) is 11.5 Å². The van der Waals surface area contributed by atoms with Gasteiger partial charge in [0.1, 0.15) is 0 Å². The predicted molar refractivity (Wildman–Crippen MR) is 62.4 cm³/mol. The lowest BCUT2D eigenvalue weighted by Gasteiger charge is -2.13. The van der Waals surface area contributed by atoms with Gasteiger partial charge in [0.05, 0.1) is 5.02 Å². The highest BCUT2D eigenvalue weighted by Crippen LogP contribution is 2.40. The summed E-state index contributed by atoms with van der Waals surface area (Å²) in [6.45, 7) is 1.56. The molecular weight excluding hydrogens is 281 g/mol. The third-order valence-electron chi connectivity index (χ3n) is 2.59. The van der Waals surface area contributed by atoms with E-state index in [2.05, 4.69) is 16.1 Å². The van der Waals surface area contributed by atoms with Crippen LogP contribution in [-0.4, -0.2) is 20.7 Å². The van der Waals surface area contributed by atoms with Crippen LogP contribution in [0.2, 0.25) is 5.02 Å². The Bertz CT molecular complexity index is 397. The molecule has 0 saturated carbocycles. The number of phenolic OH excluding ortho intramolecular Hbond substituents is 2. The lowest BCUT2D eigenvalue weighted by atomic mass is 10.0. The van der Waals surface area contributed by atoms with E-state index in [9.17, 15) is 10.2 Å². The number of benzene rings is 1. The number of rotatable bonds is 0. The van der Waals surface area contributed by atoms with Crippen LogP contribution < -0.4 is 0 Å². The minimum absolute atomic E-state index is 0.137. The van der Waals surface area contributed by atoms with Gasteiger partial charge in [-0.3, -0.25) is 0 Å². The molecule has 1 aliphatic heterocycles. The Labute approximate surface area is 102 Å². The van der Waals surface area contributed by atoms with Gasteiger partial charge < -0.3 is 10.2 Å². The van der Waals surface area contributed by atoms with Gasteiger partial charge in [-0.25, -0.2) is 3.93 Å². The van der Waals surface area contributed by atoms with E-state index in [1.54, 1.807) is 6.07 Å². The molecule has 0 saturated heterocycles. The minimum atomic E-state index is -0.224. The lowest BCUT2D eigenvalue weighted by Crippen LogP contribution is -2.10. The van der Waals surface area contributed by atoms with Crippen molar-refractivity contribution in [2.24, 2.45) is 0 Å². The summed E-state index contributed by atoms with van der Waals surface area (Å²) < 4.78 is 1.97. The molecule has 0 atom stereocenters. The molecule has 82 valence electrons. The van der Waals surface area contributed by atoms with Crippen molar-refractivity contribution in [3.8, 4) is 11.5 Å². The number of halogens is 2. The van der Waals surface area contributed by atoms with Crippen LogP contribution >= 0.6 is 27.7 Å². The number of hydrogen-bond donors (Lipinski definition) is 2. The van der Waals surface area contributed by atoms with Gasteiger partial charge in [0.25, 0.3) is 0 Å². The summed E-state index contributed by atoms with van der Waals surface area (Å²) >= 11 is 9.41. The Hall–Kier alpha value is -0.450. The second-order valence-corrected chi connectivity index (χ2v) is 5.02. The van der Waals surface area contributed by atoms with Gasteiger partial charge in [0.2, 0.25) is 0 Å². The van der Waals surface area contributed by atoms with E-state index in [0.717, 1.165) is 30.5 Å². The molecule has 1 aromatic rings. The minimum Gasteiger partial charge on any atom is -0.504 e. The molecule has 0 bridgehead atoms. The maximum atomic E-state index is 9.52. The summed E-state index contributed by atoms with van der Waals surface area (Å²) in [4.78, 5) is 0. The second-order valence-electron chi connectivity index (χ2n) is 3.64. The maximum absolute atomic E-state index is 9.52. The molecule has 0 amide bonds. The second kappa shape index (κ2) is 4.20. The van der Waals surface area contributed by atoms with E-state index in [1.807, 2.05) is 3.93 Å². The fraction of sp³-hybridized carbons (Fsp3) is 0.400. The molecule has 1 aromatic carbocycles. The predicted octanol–water partition coefficient (Wildman–Crippen LogP) is 2.81. The summed E-state index contributed by atoms with van der Waals surface area (Å²) in [5.74, 6) is -0.361. The Morgan fingerprint density at radius 3 is 2.87 bits per heavy atom. The average molecular weight is 293 g/mol. The number of hydrogen-bond acceptors (Lipinski definition) is 3. The van der Waals surface area contributed by atoms with Crippen LogP contribution in [0.25, 0.3) is 0 Å².